The summed E-state index contributed by atoms with van der Waals surface area (Å²) in [5.74, 6) is 0.740. The summed E-state index contributed by atoms with van der Waals surface area (Å²) in [7, 11) is 0. The van der Waals surface area contributed by atoms with Crippen LogP contribution in [0.3, 0.4) is 0 Å². The quantitative estimate of drug-likeness (QED) is 0.474. The van der Waals surface area contributed by atoms with Crippen molar-refractivity contribution in [3.8, 4) is 0 Å². The molecule has 0 saturated heterocycles. The van der Waals surface area contributed by atoms with Gasteiger partial charge in [0.05, 0.1) is 0 Å². The fraction of sp³-hybridized carbons (Fsp3) is 0.875. The molecular weight excluding hydrogens is 264 g/mol. The first kappa shape index (κ1) is 17.8. The van der Waals surface area contributed by atoms with Crippen molar-refractivity contribution in [2.45, 2.75) is 59.3 Å². The topological polar surface area (TPSA) is 65.5 Å². The molecular formula is C16H32N4O. The molecule has 122 valence electrons. The summed E-state index contributed by atoms with van der Waals surface area (Å²) < 4.78 is 0. The van der Waals surface area contributed by atoms with Gasteiger partial charge in [0.25, 0.3) is 0 Å². The monoisotopic (exact) mass is 296 g/mol. The Labute approximate surface area is 129 Å². The first-order valence-corrected chi connectivity index (χ1v) is 8.44. The summed E-state index contributed by atoms with van der Waals surface area (Å²) in [6.45, 7) is 9.02. The largest absolute Gasteiger partial charge is 0.357 e. The van der Waals surface area contributed by atoms with E-state index in [0.717, 1.165) is 32.0 Å². The van der Waals surface area contributed by atoms with Gasteiger partial charge in [-0.3, -0.25) is 4.79 Å². The van der Waals surface area contributed by atoms with Crippen molar-refractivity contribution in [2.75, 3.05) is 26.2 Å². The standard InChI is InChI=1S/C16H32N4O/c1-4-11-18-14(21)12-19-15(17-6-3)20-13-16(5-2)9-7-8-10-16/h4-13H2,1-3H3,(H,18,21)(H2,17,19,20). The van der Waals surface area contributed by atoms with E-state index in [2.05, 4.69) is 27.9 Å². The number of rotatable bonds is 8. The lowest BCUT2D eigenvalue weighted by Gasteiger charge is -2.28. The SMILES string of the molecule is CCCNC(=O)CN=C(NCC)NCC1(CC)CCCC1. The highest BCUT2D eigenvalue weighted by atomic mass is 16.1. The lowest BCUT2D eigenvalue weighted by molar-refractivity contribution is -0.119. The molecule has 1 aliphatic rings. The van der Waals surface area contributed by atoms with Gasteiger partial charge in [0.1, 0.15) is 6.54 Å². The van der Waals surface area contributed by atoms with Crippen LogP contribution in [0.1, 0.15) is 59.3 Å². The van der Waals surface area contributed by atoms with Crippen molar-refractivity contribution >= 4 is 11.9 Å². The van der Waals surface area contributed by atoms with Gasteiger partial charge in [-0.05, 0) is 38.0 Å². The van der Waals surface area contributed by atoms with E-state index in [1.54, 1.807) is 0 Å². The van der Waals surface area contributed by atoms with Crippen molar-refractivity contribution < 1.29 is 4.79 Å². The summed E-state index contributed by atoms with van der Waals surface area (Å²) in [6.07, 6.45) is 7.42. The van der Waals surface area contributed by atoms with Crippen LogP contribution >= 0.6 is 0 Å². The van der Waals surface area contributed by atoms with Gasteiger partial charge >= 0.3 is 0 Å². The first-order valence-electron chi connectivity index (χ1n) is 8.44. The van der Waals surface area contributed by atoms with Gasteiger partial charge in [-0.25, -0.2) is 4.99 Å². The molecule has 1 saturated carbocycles. The zero-order chi connectivity index (χ0) is 15.6. The molecule has 3 N–H and O–H groups in total. The fourth-order valence-corrected chi connectivity index (χ4v) is 2.86. The van der Waals surface area contributed by atoms with Crippen LogP contribution in [0.4, 0.5) is 0 Å². The van der Waals surface area contributed by atoms with Gasteiger partial charge in [0.2, 0.25) is 5.91 Å². The summed E-state index contributed by atoms with van der Waals surface area (Å²) in [6, 6.07) is 0. The molecule has 0 aromatic heterocycles. The Bertz CT molecular complexity index is 335. The van der Waals surface area contributed by atoms with E-state index in [9.17, 15) is 4.79 Å². The third-order valence-electron chi connectivity index (χ3n) is 4.34. The predicted molar refractivity (Wildman–Crippen MR) is 88.5 cm³/mol. The molecule has 21 heavy (non-hydrogen) atoms. The molecule has 0 atom stereocenters. The number of hydrogen-bond donors (Lipinski definition) is 3. The lowest BCUT2D eigenvalue weighted by atomic mass is 9.83. The van der Waals surface area contributed by atoms with Crippen LogP contribution in [0.25, 0.3) is 0 Å². The van der Waals surface area contributed by atoms with Gasteiger partial charge in [-0.2, -0.15) is 0 Å². The van der Waals surface area contributed by atoms with Crippen LogP contribution in [-0.4, -0.2) is 38.0 Å². The number of guanidine groups is 1. The number of nitrogens with zero attached hydrogens (tertiary/aromatic N) is 1. The van der Waals surface area contributed by atoms with Crippen LogP contribution in [0, 0.1) is 5.41 Å². The second-order valence-corrected chi connectivity index (χ2v) is 5.96. The zero-order valence-electron chi connectivity index (χ0n) is 13.9. The number of carbonyl (C=O) groups excluding carboxylic acids is 1. The lowest BCUT2D eigenvalue weighted by Crippen LogP contribution is -2.43. The second kappa shape index (κ2) is 9.64. The molecule has 0 unspecified atom stereocenters. The molecule has 5 nitrogen and oxygen atoms in total. The van der Waals surface area contributed by atoms with Crippen LogP contribution in [0.2, 0.25) is 0 Å². The third-order valence-corrected chi connectivity index (χ3v) is 4.34. The number of aliphatic imine (C=N–C) groups is 1. The van der Waals surface area contributed by atoms with E-state index in [1.807, 2.05) is 13.8 Å². The Kier molecular flexibility index (Phi) is 8.16. The highest BCUT2D eigenvalue weighted by molar-refractivity contribution is 5.84. The fourth-order valence-electron chi connectivity index (χ4n) is 2.86. The van der Waals surface area contributed by atoms with E-state index in [1.165, 1.54) is 32.1 Å². The van der Waals surface area contributed by atoms with Crippen LogP contribution in [0.5, 0.6) is 0 Å². The highest BCUT2D eigenvalue weighted by Gasteiger charge is 2.31. The van der Waals surface area contributed by atoms with E-state index in [4.69, 9.17) is 0 Å². The summed E-state index contributed by atoms with van der Waals surface area (Å²) in [5.41, 5.74) is 0.417. The average Bonchev–Trinajstić information content (AvgIpc) is 2.97. The second-order valence-electron chi connectivity index (χ2n) is 5.96. The highest BCUT2D eigenvalue weighted by Crippen LogP contribution is 2.40. The molecule has 0 heterocycles. The molecule has 1 aliphatic carbocycles. The van der Waals surface area contributed by atoms with Gasteiger partial charge in [-0.1, -0.05) is 26.7 Å². The van der Waals surface area contributed by atoms with E-state index < -0.39 is 0 Å². The van der Waals surface area contributed by atoms with Crippen LogP contribution < -0.4 is 16.0 Å². The Morgan fingerprint density at radius 3 is 2.38 bits per heavy atom. The molecule has 0 aromatic carbocycles. The Balaban J connectivity index is 2.46. The number of amides is 1. The van der Waals surface area contributed by atoms with E-state index >= 15 is 0 Å². The summed E-state index contributed by atoms with van der Waals surface area (Å²) >= 11 is 0. The number of hydrogen-bond acceptors (Lipinski definition) is 2. The molecule has 0 bridgehead atoms. The number of nitrogens with one attached hydrogen (secondary N) is 3. The Morgan fingerprint density at radius 1 is 1.10 bits per heavy atom. The predicted octanol–water partition coefficient (Wildman–Crippen LogP) is 2.04. The average molecular weight is 296 g/mol. The number of carbonyl (C=O) groups is 1. The maximum atomic E-state index is 11.6. The zero-order valence-corrected chi connectivity index (χ0v) is 13.9. The maximum absolute atomic E-state index is 11.6. The molecule has 1 fully saturated rings. The Morgan fingerprint density at radius 2 is 1.81 bits per heavy atom. The normalized spacial score (nSPS) is 17.6. The van der Waals surface area contributed by atoms with Gasteiger partial charge in [0.15, 0.2) is 5.96 Å². The van der Waals surface area contributed by atoms with Crippen molar-refractivity contribution in [3.63, 3.8) is 0 Å². The Hall–Kier alpha value is -1.26. The minimum absolute atomic E-state index is 0.0138. The van der Waals surface area contributed by atoms with Crippen LogP contribution in [-0.2, 0) is 4.79 Å². The van der Waals surface area contributed by atoms with Crippen molar-refractivity contribution in [1.29, 1.82) is 0 Å². The summed E-state index contributed by atoms with van der Waals surface area (Å²) in [4.78, 5) is 16.0. The smallest absolute Gasteiger partial charge is 0.241 e. The van der Waals surface area contributed by atoms with E-state index in [-0.39, 0.29) is 12.5 Å². The minimum Gasteiger partial charge on any atom is -0.357 e. The first-order chi connectivity index (χ1) is 10.2. The molecule has 0 aliphatic heterocycles. The van der Waals surface area contributed by atoms with Gasteiger partial charge in [-0.15, -0.1) is 0 Å². The minimum atomic E-state index is -0.0138. The van der Waals surface area contributed by atoms with Crippen molar-refractivity contribution in [1.82, 2.24) is 16.0 Å². The third kappa shape index (κ3) is 6.36. The molecule has 0 radical (unpaired) electrons. The molecule has 0 aromatic rings. The maximum Gasteiger partial charge on any atom is 0.241 e. The molecule has 0 spiro atoms. The van der Waals surface area contributed by atoms with Crippen molar-refractivity contribution in [3.05, 3.63) is 0 Å². The molecule has 1 amide bonds. The molecule has 5 heteroatoms. The molecule has 1 rings (SSSR count). The van der Waals surface area contributed by atoms with Crippen LogP contribution in [0.15, 0.2) is 4.99 Å². The van der Waals surface area contributed by atoms with Gasteiger partial charge in [0, 0.05) is 19.6 Å². The summed E-state index contributed by atoms with van der Waals surface area (Å²) in [5, 5.41) is 9.49. The van der Waals surface area contributed by atoms with Gasteiger partial charge < -0.3 is 16.0 Å². The van der Waals surface area contributed by atoms with E-state index in [0.29, 0.717) is 5.41 Å². The van der Waals surface area contributed by atoms with Crippen molar-refractivity contribution in [2.24, 2.45) is 10.4 Å².